The molecule has 0 amide bonds. The Kier molecular flexibility index (Phi) is 4.70. The maximum Gasteiger partial charge on any atom is 0.0558 e. The monoisotopic (exact) mass is 186 g/mol. The van der Waals surface area contributed by atoms with Crippen LogP contribution in [-0.4, -0.2) is 61.8 Å². The molecule has 0 spiro atoms. The Balaban J connectivity index is 2.05. The summed E-state index contributed by atoms with van der Waals surface area (Å²) in [5.41, 5.74) is 0. The van der Waals surface area contributed by atoms with Gasteiger partial charge >= 0.3 is 0 Å². The van der Waals surface area contributed by atoms with E-state index in [1.165, 1.54) is 25.9 Å². The molecule has 1 aliphatic heterocycles. The van der Waals surface area contributed by atoms with Gasteiger partial charge in [0.25, 0.3) is 0 Å². The summed E-state index contributed by atoms with van der Waals surface area (Å²) in [5.74, 6) is 0.881. The Morgan fingerprint density at radius 3 is 2.77 bits per heavy atom. The Bertz CT molecular complexity index is 141. The molecular weight excluding hydrogens is 164 g/mol. The molecule has 0 bridgehead atoms. The average Bonchev–Trinajstić information content (AvgIpc) is 2.49. The molecule has 3 nitrogen and oxygen atoms in total. The Hall–Kier alpha value is -0.120. The number of aliphatic hydroxyl groups is 1. The van der Waals surface area contributed by atoms with Crippen LogP contribution in [0.4, 0.5) is 0 Å². The molecule has 1 N–H and O–H groups in total. The molecule has 1 atom stereocenters. The third-order valence-corrected chi connectivity index (χ3v) is 2.89. The van der Waals surface area contributed by atoms with E-state index >= 15 is 0 Å². The van der Waals surface area contributed by atoms with Crippen LogP contribution in [0.25, 0.3) is 0 Å². The van der Waals surface area contributed by atoms with Crippen molar-refractivity contribution in [3.05, 3.63) is 0 Å². The molecule has 1 rings (SSSR count). The zero-order valence-corrected chi connectivity index (χ0v) is 8.87. The molecule has 0 aliphatic carbocycles. The minimum Gasteiger partial charge on any atom is -0.395 e. The zero-order valence-electron chi connectivity index (χ0n) is 8.87. The lowest BCUT2D eigenvalue weighted by Gasteiger charge is -2.17. The van der Waals surface area contributed by atoms with Crippen molar-refractivity contribution in [1.29, 1.82) is 0 Å². The maximum atomic E-state index is 8.72. The molecular formula is C10H22N2O. The molecule has 13 heavy (non-hydrogen) atoms. The summed E-state index contributed by atoms with van der Waals surface area (Å²) in [6.45, 7) is 4.73. The SMILES string of the molecule is CN(CCO)CCC1CCN(C)C1. The van der Waals surface area contributed by atoms with Crippen molar-refractivity contribution in [3.8, 4) is 0 Å². The summed E-state index contributed by atoms with van der Waals surface area (Å²) >= 11 is 0. The van der Waals surface area contributed by atoms with E-state index in [1.54, 1.807) is 0 Å². The summed E-state index contributed by atoms with van der Waals surface area (Å²) in [6, 6.07) is 0. The van der Waals surface area contributed by atoms with Crippen LogP contribution in [-0.2, 0) is 0 Å². The normalized spacial score (nSPS) is 24.5. The molecule has 78 valence electrons. The number of rotatable bonds is 5. The first kappa shape index (κ1) is 11.0. The summed E-state index contributed by atoms with van der Waals surface area (Å²) in [5, 5.41) is 8.72. The third-order valence-electron chi connectivity index (χ3n) is 2.89. The van der Waals surface area contributed by atoms with E-state index in [-0.39, 0.29) is 6.61 Å². The van der Waals surface area contributed by atoms with Crippen molar-refractivity contribution in [3.63, 3.8) is 0 Å². The molecule has 0 aromatic rings. The predicted octanol–water partition coefficient (Wildman–Crippen LogP) is 0.252. The van der Waals surface area contributed by atoms with Gasteiger partial charge < -0.3 is 14.9 Å². The fourth-order valence-corrected chi connectivity index (χ4v) is 1.95. The molecule has 1 heterocycles. The quantitative estimate of drug-likeness (QED) is 0.667. The van der Waals surface area contributed by atoms with Crippen LogP contribution in [0.1, 0.15) is 12.8 Å². The van der Waals surface area contributed by atoms with Crippen LogP contribution in [0.5, 0.6) is 0 Å². The van der Waals surface area contributed by atoms with Crippen molar-refractivity contribution in [1.82, 2.24) is 9.80 Å². The number of hydrogen-bond acceptors (Lipinski definition) is 3. The van der Waals surface area contributed by atoms with Crippen LogP contribution in [0.2, 0.25) is 0 Å². The van der Waals surface area contributed by atoms with Gasteiger partial charge in [0, 0.05) is 13.1 Å². The molecule has 0 aromatic heterocycles. The van der Waals surface area contributed by atoms with Crippen molar-refractivity contribution in [2.24, 2.45) is 5.92 Å². The second-order valence-corrected chi connectivity index (χ2v) is 4.23. The minimum absolute atomic E-state index is 0.279. The van der Waals surface area contributed by atoms with E-state index in [2.05, 4.69) is 23.9 Å². The third kappa shape index (κ3) is 4.07. The molecule has 3 heteroatoms. The van der Waals surface area contributed by atoms with Crippen molar-refractivity contribution in [2.75, 3.05) is 46.9 Å². The van der Waals surface area contributed by atoms with Crippen molar-refractivity contribution in [2.45, 2.75) is 12.8 Å². The van der Waals surface area contributed by atoms with Gasteiger partial charge in [0.2, 0.25) is 0 Å². The largest absolute Gasteiger partial charge is 0.395 e. The number of aliphatic hydroxyl groups excluding tert-OH is 1. The van der Waals surface area contributed by atoms with Crippen molar-refractivity contribution >= 4 is 0 Å². The number of likely N-dealkylation sites (N-methyl/N-ethyl adjacent to an activating group) is 1. The number of hydrogen-bond donors (Lipinski definition) is 1. The first-order chi connectivity index (χ1) is 6.22. The summed E-state index contributed by atoms with van der Waals surface area (Å²) in [6.07, 6.45) is 2.63. The van der Waals surface area contributed by atoms with Gasteiger partial charge in [-0.15, -0.1) is 0 Å². The van der Waals surface area contributed by atoms with Crippen LogP contribution < -0.4 is 0 Å². The van der Waals surface area contributed by atoms with Gasteiger partial charge in [0.15, 0.2) is 0 Å². The smallest absolute Gasteiger partial charge is 0.0558 e. The first-order valence-electron chi connectivity index (χ1n) is 5.20. The van der Waals surface area contributed by atoms with Gasteiger partial charge in [-0.3, -0.25) is 0 Å². The highest BCUT2D eigenvalue weighted by Gasteiger charge is 2.18. The van der Waals surface area contributed by atoms with E-state index in [0.29, 0.717) is 0 Å². The Morgan fingerprint density at radius 2 is 2.23 bits per heavy atom. The van der Waals surface area contributed by atoms with E-state index in [0.717, 1.165) is 19.0 Å². The van der Waals surface area contributed by atoms with E-state index < -0.39 is 0 Å². The second-order valence-electron chi connectivity index (χ2n) is 4.23. The summed E-state index contributed by atoms with van der Waals surface area (Å²) in [7, 11) is 4.27. The van der Waals surface area contributed by atoms with E-state index in [9.17, 15) is 0 Å². The standard InChI is InChI=1S/C10H22N2O/c1-11(7-8-13)5-3-10-4-6-12(2)9-10/h10,13H,3-9H2,1-2H3. The van der Waals surface area contributed by atoms with Gasteiger partial charge in [-0.2, -0.15) is 0 Å². The van der Waals surface area contributed by atoms with E-state index in [1.807, 2.05) is 0 Å². The summed E-state index contributed by atoms with van der Waals surface area (Å²) < 4.78 is 0. The highest BCUT2D eigenvalue weighted by atomic mass is 16.3. The van der Waals surface area contributed by atoms with Crippen LogP contribution >= 0.6 is 0 Å². The molecule has 0 radical (unpaired) electrons. The highest BCUT2D eigenvalue weighted by Crippen LogP contribution is 2.17. The van der Waals surface area contributed by atoms with Crippen LogP contribution in [0.15, 0.2) is 0 Å². The highest BCUT2D eigenvalue weighted by molar-refractivity contribution is 4.73. The molecule has 1 saturated heterocycles. The molecule has 1 aliphatic rings. The lowest BCUT2D eigenvalue weighted by atomic mass is 10.1. The average molecular weight is 186 g/mol. The van der Waals surface area contributed by atoms with Crippen molar-refractivity contribution < 1.29 is 5.11 Å². The zero-order chi connectivity index (χ0) is 9.68. The maximum absolute atomic E-state index is 8.72. The topological polar surface area (TPSA) is 26.7 Å². The molecule has 0 saturated carbocycles. The lowest BCUT2D eigenvalue weighted by molar-refractivity contribution is 0.213. The molecule has 1 fully saturated rings. The number of nitrogens with zero attached hydrogens (tertiary/aromatic N) is 2. The fraction of sp³-hybridized carbons (Fsp3) is 1.00. The Morgan fingerprint density at radius 1 is 1.46 bits per heavy atom. The van der Waals surface area contributed by atoms with E-state index in [4.69, 9.17) is 5.11 Å². The lowest BCUT2D eigenvalue weighted by Crippen LogP contribution is -2.25. The van der Waals surface area contributed by atoms with Gasteiger partial charge in [0.05, 0.1) is 6.61 Å². The molecule has 0 aromatic carbocycles. The van der Waals surface area contributed by atoms with Crippen LogP contribution in [0, 0.1) is 5.92 Å². The first-order valence-corrected chi connectivity index (χ1v) is 5.20. The van der Waals surface area contributed by atoms with Gasteiger partial charge in [-0.25, -0.2) is 0 Å². The van der Waals surface area contributed by atoms with Gasteiger partial charge in [-0.05, 0) is 45.9 Å². The van der Waals surface area contributed by atoms with Gasteiger partial charge in [0.1, 0.15) is 0 Å². The summed E-state index contributed by atoms with van der Waals surface area (Å²) in [4.78, 5) is 4.61. The number of likely N-dealkylation sites (tertiary alicyclic amines) is 1. The fourth-order valence-electron chi connectivity index (χ4n) is 1.95. The second kappa shape index (κ2) is 5.58. The molecule has 1 unspecified atom stereocenters. The minimum atomic E-state index is 0.279. The Labute approximate surface area is 81.3 Å². The van der Waals surface area contributed by atoms with Gasteiger partial charge in [-0.1, -0.05) is 0 Å². The van der Waals surface area contributed by atoms with Crippen LogP contribution in [0.3, 0.4) is 0 Å². The predicted molar refractivity (Wildman–Crippen MR) is 54.8 cm³/mol.